The average molecular weight is 503 g/mol. The van der Waals surface area contributed by atoms with Crippen LogP contribution in [0.1, 0.15) is 37.3 Å². The number of nitrogens with one attached hydrogen (secondary N) is 2. The van der Waals surface area contributed by atoms with E-state index in [1.807, 2.05) is 54.6 Å². The smallest absolute Gasteiger partial charge is 0.324 e. The van der Waals surface area contributed by atoms with E-state index in [9.17, 15) is 9.59 Å². The van der Waals surface area contributed by atoms with Crippen LogP contribution >= 0.6 is 0 Å². The molecule has 0 bridgehead atoms. The highest BCUT2D eigenvalue weighted by Gasteiger charge is 2.28. The molecule has 194 valence electrons. The molecule has 0 radical (unpaired) electrons. The fraction of sp³-hybridized carbons (Fsp3) is 0.310. The number of hydrogen-bond acceptors (Lipinski definition) is 4. The van der Waals surface area contributed by atoms with Gasteiger partial charge in [-0.15, -0.1) is 0 Å². The maximum Gasteiger partial charge on any atom is 0.324 e. The highest BCUT2D eigenvalue weighted by Crippen LogP contribution is 2.30. The lowest BCUT2D eigenvalue weighted by atomic mass is 10.0. The van der Waals surface area contributed by atoms with Crippen molar-refractivity contribution in [2.24, 2.45) is 0 Å². The Labute approximate surface area is 218 Å². The summed E-state index contributed by atoms with van der Waals surface area (Å²) in [5.41, 5.74) is 4.05. The van der Waals surface area contributed by atoms with Gasteiger partial charge in [-0.2, -0.15) is 0 Å². The van der Waals surface area contributed by atoms with Crippen LogP contribution in [-0.2, 0) is 6.54 Å². The molecule has 0 aromatic heterocycles. The normalized spacial score (nSPS) is 13.5. The van der Waals surface area contributed by atoms with Crippen molar-refractivity contribution in [3.8, 4) is 11.5 Å². The van der Waals surface area contributed by atoms with Crippen molar-refractivity contribution in [1.82, 2.24) is 4.90 Å². The maximum atomic E-state index is 13.5. The van der Waals surface area contributed by atoms with Crippen LogP contribution in [0.2, 0.25) is 0 Å². The minimum atomic E-state index is -0.366. The first-order chi connectivity index (χ1) is 17.9. The van der Waals surface area contributed by atoms with Crippen LogP contribution in [0.4, 0.5) is 26.7 Å². The monoisotopic (exact) mass is 502 g/mol. The zero-order valence-electron chi connectivity index (χ0n) is 21.8. The van der Waals surface area contributed by atoms with Gasteiger partial charge in [0.05, 0.1) is 25.6 Å². The molecule has 0 atom stereocenters. The van der Waals surface area contributed by atoms with Gasteiger partial charge in [-0.05, 0) is 59.9 Å². The quantitative estimate of drug-likeness (QED) is 0.378. The third-order valence-electron chi connectivity index (χ3n) is 6.37. The van der Waals surface area contributed by atoms with Crippen LogP contribution in [-0.4, -0.2) is 44.3 Å². The Bertz CT molecular complexity index is 1220. The number of benzene rings is 3. The largest absolute Gasteiger partial charge is 0.497 e. The van der Waals surface area contributed by atoms with Gasteiger partial charge in [0.15, 0.2) is 0 Å². The molecule has 2 N–H and O–H groups in total. The van der Waals surface area contributed by atoms with E-state index in [-0.39, 0.29) is 12.1 Å². The first-order valence-electron chi connectivity index (χ1n) is 12.4. The van der Waals surface area contributed by atoms with E-state index >= 15 is 0 Å². The number of rotatable bonds is 8. The van der Waals surface area contributed by atoms with Gasteiger partial charge in [0.1, 0.15) is 11.5 Å². The lowest BCUT2D eigenvalue weighted by molar-refractivity contribution is 0.192. The van der Waals surface area contributed by atoms with Crippen LogP contribution in [0.15, 0.2) is 66.7 Å². The lowest BCUT2D eigenvalue weighted by Gasteiger charge is -2.36. The van der Waals surface area contributed by atoms with Gasteiger partial charge in [0, 0.05) is 31.4 Å². The zero-order valence-corrected chi connectivity index (χ0v) is 21.8. The molecule has 0 spiro atoms. The van der Waals surface area contributed by atoms with Gasteiger partial charge in [-0.25, -0.2) is 9.59 Å². The molecule has 3 aromatic carbocycles. The molecule has 4 amide bonds. The number of amides is 4. The Morgan fingerprint density at radius 1 is 0.919 bits per heavy atom. The topological polar surface area (TPSA) is 83.1 Å². The first-order valence-corrected chi connectivity index (χ1v) is 12.4. The van der Waals surface area contributed by atoms with E-state index in [2.05, 4.69) is 24.5 Å². The third-order valence-corrected chi connectivity index (χ3v) is 6.37. The third kappa shape index (κ3) is 6.33. The number of para-hydroxylation sites is 2. The Kier molecular flexibility index (Phi) is 8.18. The molecule has 1 aliphatic rings. The SMILES string of the molecule is COc1cc(CN2CCCN(c3ccccc3NC(=O)Nc3ccc(C(C)C)cc3)C2=O)cc(OC)c1. The van der Waals surface area contributed by atoms with E-state index in [0.717, 1.165) is 12.0 Å². The standard InChI is InChI=1S/C29H34N4O4/c1-20(2)22-10-12-23(13-11-22)30-28(34)31-26-8-5-6-9-27(26)33-15-7-14-32(29(33)35)19-21-16-24(36-3)18-25(17-21)37-4/h5-6,8-13,16-18,20H,7,14-15,19H2,1-4H3,(H2,30,31,34). The summed E-state index contributed by atoms with van der Waals surface area (Å²) in [6.45, 7) is 5.88. The summed E-state index contributed by atoms with van der Waals surface area (Å²) in [5.74, 6) is 1.77. The van der Waals surface area contributed by atoms with Crippen LogP contribution in [0.3, 0.4) is 0 Å². The molecular formula is C29H34N4O4. The number of carbonyl (C=O) groups is 2. The summed E-state index contributed by atoms with van der Waals surface area (Å²) in [5, 5.41) is 5.79. The summed E-state index contributed by atoms with van der Waals surface area (Å²) >= 11 is 0. The molecule has 8 nitrogen and oxygen atoms in total. The van der Waals surface area contributed by atoms with Crippen molar-refractivity contribution in [1.29, 1.82) is 0 Å². The van der Waals surface area contributed by atoms with Gasteiger partial charge >= 0.3 is 12.1 Å². The number of urea groups is 2. The Morgan fingerprint density at radius 2 is 1.59 bits per heavy atom. The van der Waals surface area contributed by atoms with Crippen LogP contribution in [0, 0.1) is 0 Å². The fourth-order valence-corrected chi connectivity index (χ4v) is 4.38. The van der Waals surface area contributed by atoms with Crippen molar-refractivity contribution in [3.05, 3.63) is 77.9 Å². The Balaban J connectivity index is 1.47. The molecule has 37 heavy (non-hydrogen) atoms. The second-order valence-corrected chi connectivity index (χ2v) is 9.30. The Morgan fingerprint density at radius 3 is 2.24 bits per heavy atom. The number of ether oxygens (including phenoxy) is 2. The summed E-state index contributed by atoms with van der Waals surface area (Å²) < 4.78 is 10.8. The zero-order chi connectivity index (χ0) is 26.4. The second kappa shape index (κ2) is 11.7. The maximum absolute atomic E-state index is 13.5. The molecule has 1 fully saturated rings. The first kappa shape index (κ1) is 25.9. The van der Waals surface area contributed by atoms with E-state index in [4.69, 9.17) is 9.47 Å². The van der Waals surface area contributed by atoms with Gasteiger partial charge in [-0.1, -0.05) is 38.1 Å². The number of methoxy groups -OCH3 is 2. The molecule has 0 saturated carbocycles. The number of nitrogens with zero attached hydrogens (tertiary/aromatic N) is 2. The molecular weight excluding hydrogens is 468 g/mol. The highest BCUT2D eigenvalue weighted by molar-refractivity contribution is 6.04. The van der Waals surface area contributed by atoms with E-state index in [1.165, 1.54) is 5.56 Å². The van der Waals surface area contributed by atoms with Gasteiger partial charge in [0.25, 0.3) is 0 Å². The van der Waals surface area contributed by atoms with Crippen molar-refractivity contribution in [3.63, 3.8) is 0 Å². The fourth-order valence-electron chi connectivity index (χ4n) is 4.38. The van der Waals surface area contributed by atoms with Gasteiger partial charge in [0.2, 0.25) is 0 Å². The van der Waals surface area contributed by atoms with Crippen LogP contribution < -0.4 is 25.0 Å². The Hall–Kier alpha value is -4.20. The number of hydrogen-bond donors (Lipinski definition) is 2. The summed E-state index contributed by atoms with van der Waals surface area (Å²) in [6, 6.07) is 20.3. The van der Waals surface area contributed by atoms with Gasteiger partial charge in [-0.3, -0.25) is 4.90 Å². The van der Waals surface area contributed by atoms with Crippen molar-refractivity contribution >= 4 is 29.1 Å². The van der Waals surface area contributed by atoms with Crippen molar-refractivity contribution in [2.75, 3.05) is 42.8 Å². The molecule has 1 aliphatic heterocycles. The second-order valence-electron chi connectivity index (χ2n) is 9.30. The summed E-state index contributed by atoms with van der Waals surface area (Å²) in [4.78, 5) is 29.8. The number of carbonyl (C=O) groups excluding carboxylic acids is 2. The van der Waals surface area contributed by atoms with Crippen molar-refractivity contribution in [2.45, 2.75) is 32.7 Å². The highest BCUT2D eigenvalue weighted by atomic mass is 16.5. The molecule has 8 heteroatoms. The van der Waals surface area contributed by atoms with E-state index in [0.29, 0.717) is 54.1 Å². The van der Waals surface area contributed by atoms with E-state index < -0.39 is 0 Å². The molecule has 1 saturated heterocycles. The molecule has 0 aliphatic carbocycles. The van der Waals surface area contributed by atoms with Crippen molar-refractivity contribution < 1.29 is 19.1 Å². The summed E-state index contributed by atoms with van der Waals surface area (Å²) in [6.07, 6.45) is 0.801. The lowest BCUT2D eigenvalue weighted by Crippen LogP contribution is -2.49. The minimum absolute atomic E-state index is 0.119. The van der Waals surface area contributed by atoms with Crippen LogP contribution in [0.5, 0.6) is 11.5 Å². The molecule has 1 heterocycles. The average Bonchev–Trinajstić information content (AvgIpc) is 2.90. The molecule has 4 rings (SSSR count). The predicted octanol–water partition coefficient (Wildman–Crippen LogP) is 6.30. The number of anilines is 3. The van der Waals surface area contributed by atoms with Crippen LogP contribution in [0.25, 0.3) is 0 Å². The predicted molar refractivity (Wildman–Crippen MR) is 147 cm³/mol. The minimum Gasteiger partial charge on any atom is -0.497 e. The van der Waals surface area contributed by atoms with E-state index in [1.54, 1.807) is 36.2 Å². The van der Waals surface area contributed by atoms with Gasteiger partial charge < -0.3 is 25.0 Å². The molecule has 0 unspecified atom stereocenters. The summed E-state index contributed by atoms with van der Waals surface area (Å²) in [7, 11) is 3.21. The molecule has 3 aromatic rings.